The van der Waals surface area contributed by atoms with Crippen molar-refractivity contribution in [2.45, 2.75) is 13.1 Å². The molecule has 0 aliphatic carbocycles. The van der Waals surface area contributed by atoms with Crippen LogP contribution in [-0.4, -0.2) is 15.4 Å². The van der Waals surface area contributed by atoms with Crippen molar-refractivity contribution >= 4 is 28.9 Å². The molecule has 2 aromatic rings. The number of rotatable bonds is 1. The van der Waals surface area contributed by atoms with Gasteiger partial charge in [0.1, 0.15) is 5.75 Å². The fourth-order valence-electron chi connectivity index (χ4n) is 2.37. The minimum atomic E-state index is -0.795. The summed E-state index contributed by atoms with van der Waals surface area (Å²) in [4.78, 5) is 4.47. The van der Waals surface area contributed by atoms with E-state index < -0.39 is 6.17 Å². The topological polar surface area (TPSA) is 56.1 Å². The van der Waals surface area contributed by atoms with Crippen LogP contribution in [0.5, 0.6) is 5.75 Å². The quantitative estimate of drug-likeness (QED) is 0.848. The van der Waals surface area contributed by atoms with Gasteiger partial charge in [-0.25, -0.2) is 5.06 Å². The number of hydrogen-bond acceptors (Lipinski definition) is 4. The van der Waals surface area contributed by atoms with Gasteiger partial charge >= 0.3 is 0 Å². The number of hydrogen-bond donors (Lipinski definition) is 2. The number of aromatic hydroxyl groups is 1. The summed E-state index contributed by atoms with van der Waals surface area (Å²) in [6, 6.07) is 10.4. The van der Waals surface area contributed by atoms with Crippen LogP contribution in [0, 0.1) is 0 Å². The molecule has 0 saturated heterocycles. The summed E-state index contributed by atoms with van der Waals surface area (Å²) in [5.41, 5.74) is 0.991. The molecular formula is C15H12Cl2N2O2. The third kappa shape index (κ3) is 2.35. The maximum Gasteiger partial charge on any atom is 0.175 e. The van der Waals surface area contributed by atoms with Gasteiger partial charge in [0.05, 0.1) is 16.1 Å². The minimum Gasteiger partial charge on any atom is -0.506 e. The fourth-order valence-corrected chi connectivity index (χ4v) is 2.88. The number of hydroxylamine groups is 2. The number of fused-ring (bicyclic) bond motifs is 1. The predicted octanol–water partition coefficient (Wildman–Crippen LogP) is 2.85. The Labute approximate surface area is 131 Å². The Hall–Kier alpha value is -1.75. The van der Waals surface area contributed by atoms with Crippen LogP contribution in [0.4, 0.5) is 0 Å². The normalized spacial score (nSPS) is 17.4. The maximum atomic E-state index is 10.3. The summed E-state index contributed by atoms with van der Waals surface area (Å²) in [5, 5.41) is 23.5. The highest BCUT2D eigenvalue weighted by atomic mass is 35.5. The Morgan fingerprint density at radius 2 is 1.90 bits per heavy atom. The Bertz CT molecular complexity index is 836. The second kappa shape index (κ2) is 5.22. The van der Waals surface area contributed by atoms with E-state index >= 15 is 0 Å². The molecular weight excluding hydrogens is 311 g/mol. The van der Waals surface area contributed by atoms with E-state index in [1.54, 1.807) is 13.0 Å². The zero-order chi connectivity index (χ0) is 15.1. The number of para-hydroxylation sites is 1. The SMILES string of the molecule is CC1=c2ccccc2=NC(c2cc(Cl)cc(Cl)c2O)N1O. The Kier molecular flexibility index (Phi) is 3.53. The van der Waals surface area contributed by atoms with Crippen molar-refractivity contribution in [3.63, 3.8) is 0 Å². The van der Waals surface area contributed by atoms with Gasteiger partial charge in [-0.1, -0.05) is 41.4 Å². The Balaban J connectivity index is 2.25. The molecule has 1 heterocycles. The molecule has 2 aromatic carbocycles. The molecule has 0 saturated carbocycles. The average molecular weight is 323 g/mol. The molecule has 0 bridgehead atoms. The summed E-state index contributed by atoms with van der Waals surface area (Å²) in [6.07, 6.45) is -0.795. The van der Waals surface area contributed by atoms with Crippen LogP contribution in [0.25, 0.3) is 5.70 Å². The Morgan fingerprint density at radius 3 is 2.67 bits per heavy atom. The second-order valence-electron chi connectivity index (χ2n) is 4.78. The van der Waals surface area contributed by atoms with E-state index in [0.29, 0.717) is 16.3 Å². The van der Waals surface area contributed by atoms with Crippen molar-refractivity contribution in [2.24, 2.45) is 4.99 Å². The Morgan fingerprint density at radius 1 is 1.19 bits per heavy atom. The number of benzene rings is 2. The molecule has 21 heavy (non-hydrogen) atoms. The number of halogens is 2. The van der Waals surface area contributed by atoms with Gasteiger partial charge < -0.3 is 5.11 Å². The highest BCUT2D eigenvalue weighted by Crippen LogP contribution is 2.38. The van der Waals surface area contributed by atoms with Crippen LogP contribution in [0.1, 0.15) is 18.7 Å². The molecule has 2 N–H and O–H groups in total. The van der Waals surface area contributed by atoms with Gasteiger partial charge in [-0.2, -0.15) is 0 Å². The molecule has 1 aliphatic rings. The van der Waals surface area contributed by atoms with Crippen LogP contribution < -0.4 is 10.6 Å². The number of phenolic OH excluding ortho intramolecular Hbond substituents is 1. The van der Waals surface area contributed by atoms with Crippen LogP contribution in [0.3, 0.4) is 0 Å². The summed E-state index contributed by atoms with van der Waals surface area (Å²) < 4.78 is 0. The lowest BCUT2D eigenvalue weighted by Crippen LogP contribution is -2.39. The lowest BCUT2D eigenvalue weighted by atomic mass is 10.1. The van der Waals surface area contributed by atoms with Gasteiger partial charge in [-0.15, -0.1) is 0 Å². The summed E-state index contributed by atoms with van der Waals surface area (Å²) >= 11 is 11.9. The van der Waals surface area contributed by atoms with Gasteiger partial charge in [0.25, 0.3) is 0 Å². The molecule has 0 spiro atoms. The number of phenols is 1. The molecule has 1 aliphatic heterocycles. The largest absolute Gasteiger partial charge is 0.506 e. The van der Waals surface area contributed by atoms with E-state index in [-0.39, 0.29) is 10.8 Å². The van der Waals surface area contributed by atoms with Crippen molar-refractivity contribution in [2.75, 3.05) is 0 Å². The monoisotopic (exact) mass is 322 g/mol. The van der Waals surface area contributed by atoms with E-state index in [2.05, 4.69) is 4.99 Å². The average Bonchev–Trinajstić information content (AvgIpc) is 2.47. The zero-order valence-corrected chi connectivity index (χ0v) is 12.6. The van der Waals surface area contributed by atoms with Crippen molar-refractivity contribution in [3.05, 3.63) is 62.6 Å². The maximum absolute atomic E-state index is 10.3. The minimum absolute atomic E-state index is 0.123. The highest BCUT2D eigenvalue weighted by molar-refractivity contribution is 6.35. The first-order chi connectivity index (χ1) is 9.99. The lowest BCUT2D eigenvalue weighted by Gasteiger charge is -2.29. The van der Waals surface area contributed by atoms with Crippen molar-refractivity contribution in [1.82, 2.24) is 5.06 Å². The lowest BCUT2D eigenvalue weighted by molar-refractivity contribution is -0.0712. The molecule has 108 valence electrons. The summed E-state index contributed by atoms with van der Waals surface area (Å²) in [6.45, 7) is 1.78. The standard InChI is InChI=1S/C15H12Cl2N2O2/c1-8-10-4-2-3-5-13(10)18-15(19(8)21)11-6-9(16)7-12(17)14(11)20/h2-7,15,20-21H,1H3. The van der Waals surface area contributed by atoms with E-state index in [1.165, 1.54) is 6.07 Å². The molecule has 1 atom stereocenters. The van der Waals surface area contributed by atoms with Crippen LogP contribution in [-0.2, 0) is 0 Å². The fraction of sp³-hybridized carbons (Fsp3) is 0.133. The zero-order valence-electron chi connectivity index (χ0n) is 11.1. The molecule has 0 aromatic heterocycles. The van der Waals surface area contributed by atoms with Gasteiger partial charge in [0.15, 0.2) is 6.17 Å². The van der Waals surface area contributed by atoms with Crippen LogP contribution >= 0.6 is 23.2 Å². The summed E-state index contributed by atoms with van der Waals surface area (Å²) in [7, 11) is 0. The molecule has 3 rings (SSSR count). The third-order valence-corrected chi connectivity index (χ3v) is 3.97. The van der Waals surface area contributed by atoms with E-state index in [0.717, 1.165) is 15.6 Å². The van der Waals surface area contributed by atoms with Crippen molar-refractivity contribution in [1.29, 1.82) is 0 Å². The summed E-state index contributed by atoms with van der Waals surface area (Å²) in [5.74, 6) is -0.138. The first kappa shape index (κ1) is 14.2. The van der Waals surface area contributed by atoms with Crippen molar-refractivity contribution in [3.8, 4) is 5.75 Å². The van der Waals surface area contributed by atoms with Crippen LogP contribution in [0.2, 0.25) is 10.0 Å². The first-order valence-electron chi connectivity index (χ1n) is 6.29. The third-order valence-electron chi connectivity index (χ3n) is 3.47. The first-order valence-corrected chi connectivity index (χ1v) is 7.04. The predicted molar refractivity (Wildman–Crippen MR) is 80.8 cm³/mol. The smallest absolute Gasteiger partial charge is 0.175 e. The van der Waals surface area contributed by atoms with E-state index in [9.17, 15) is 10.3 Å². The van der Waals surface area contributed by atoms with Gasteiger partial charge in [-0.3, -0.25) is 10.2 Å². The molecule has 6 heteroatoms. The molecule has 0 fully saturated rings. The second-order valence-corrected chi connectivity index (χ2v) is 5.62. The van der Waals surface area contributed by atoms with E-state index in [1.807, 2.05) is 24.3 Å². The molecule has 0 amide bonds. The molecule has 4 nitrogen and oxygen atoms in total. The molecule has 0 radical (unpaired) electrons. The molecule has 1 unspecified atom stereocenters. The van der Waals surface area contributed by atoms with Gasteiger partial charge in [0, 0.05) is 15.8 Å². The van der Waals surface area contributed by atoms with E-state index in [4.69, 9.17) is 23.2 Å². The number of nitrogens with zero attached hydrogens (tertiary/aromatic N) is 2. The van der Waals surface area contributed by atoms with Crippen molar-refractivity contribution < 1.29 is 10.3 Å². The van der Waals surface area contributed by atoms with Gasteiger partial charge in [0.2, 0.25) is 0 Å². The van der Waals surface area contributed by atoms with Crippen LogP contribution in [0.15, 0.2) is 41.4 Å². The van der Waals surface area contributed by atoms with Gasteiger partial charge in [-0.05, 0) is 25.1 Å². The highest BCUT2D eigenvalue weighted by Gasteiger charge is 2.26.